The van der Waals surface area contributed by atoms with Crippen molar-refractivity contribution in [3.8, 4) is 0 Å². The predicted molar refractivity (Wildman–Crippen MR) is 80.8 cm³/mol. The Morgan fingerprint density at radius 3 is 2.75 bits per heavy atom. The van der Waals surface area contributed by atoms with Crippen LogP contribution in [-0.4, -0.2) is 23.6 Å². The van der Waals surface area contributed by atoms with Crippen LogP contribution in [0.4, 0.5) is 0 Å². The van der Waals surface area contributed by atoms with E-state index < -0.39 is 6.10 Å². The van der Waals surface area contributed by atoms with Crippen LogP contribution in [0.15, 0.2) is 40.8 Å². The van der Waals surface area contributed by atoms with Gasteiger partial charge < -0.3 is 9.52 Å². The van der Waals surface area contributed by atoms with Gasteiger partial charge in [-0.15, -0.1) is 0 Å². The molecule has 4 heteroatoms. The lowest BCUT2D eigenvalue weighted by atomic mass is 10.1. The number of aliphatic hydroxyl groups is 1. The first-order chi connectivity index (χ1) is 9.54. The minimum Gasteiger partial charge on any atom is -0.465 e. The molecule has 0 amide bonds. The van der Waals surface area contributed by atoms with Crippen molar-refractivity contribution in [3.63, 3.8) is 0 Å². The molecule has 0 fully saturated rings. The molecule has 1 atom stereocenters. The summed E-state index contributed by atoms with van der Waals surface area (Å²) in [4.78, 5) is 2.13. The molecule has 1 aromatic carbocycles. The summed E-state index contributed by atoms with van der Waals surface area (Å²) >= 11 is 5.93. The zero-order chi connectivity index (χ0) is 14.5. The van der Waals surface area contributed by atoms with Crippen molar-refractivity contribution < 1.29 is 9.52 Å². The number of benzene rings is 1. The quantitative estimate of drug-likeness (QED) is 0.880. The Labute approximate surface area is 124 Å². The van der Waals surface area contributed by atoms with Crippen LogP contribution in [0.3, 0.4) is 0 Å². The average Bonchev–Trinajstić information content (AvgIpc) is 2.81. The van der Waals surface area contributed by atoms with Crippen LogP contribution in [0.5, 0.6) is 0 Å². The molecule has 108 valence electrons. The van der Waals surface area contributed by atoms with Crippen molar-refractivity contribution in [1.82, 2.24) is 4.90 Å². The van der Waals surface area contributed by atoms with Gasteiger partial charge >= 0.3 is 0 Å². The maximum atomic E-state index is 10.2. The van der Waals surface area contributed by atoms with Crippen LogP contribution in [0.25, 0.3) is 0 Å². The van der Waals surface area contributed by atoms with Gasteiger partial charge in [-0.25, -0.2) is 0 Å². The highest BCUT2D eigenvalue weighted by Gasteiger charge is 2.10. The first-order valence-corrected chi connectivity index (χ1v) is 7.10. The van der Waals surface area contributed by atoms with Crippen LogP contribution < -0.4 is 0 Å². The highest BCUT2D eigenvalue weighted by molar-refractivity contribution is 6.30. The van der Waals surface area contributed by atoms with Gasteiger partial charge in [0.1, 0.15) is 11.5 Å². The second-order valence-electron chi connectivity index (χ2n) is 5.11. The van der Waals surface area contributed by atoms with Gasteiger partial charge in [-0.05, 0) is 50.2 Å². The van der Waals surface area contributed by atoms with E-state index in [2.05, 4.69) is 4.90 Å². The Kier molecular flexibility index (Phi) is 5.24. The van der Waals surface area contributed by atoms with E-state index in [9.17, 15) is 5.11 Å². The van der Waals surface area contributed by atoms with Crippen molar-refractivity contribution >= 4 is 11.6 Å². The van der Waals surface area contributed by atoms with Crippen molar-refractivity contribution in [2.45, 2.75) is 26.0 Å². The summed E-state index contributed by atoms with van der Waals surface area (Å²) in [5.41, 5.74) is 0.861. The minimum atomic E-state index is -0.491. The molecule has 0 radical (unpaired) electrons. The average molecular weight is 294 g/mol. The monoisotopic (exact) mass is 293 g/mol. The Balaban J connectivity index is 1.82. The van der Waals surface area contributed by atoms with Gasteiger partial charge in [0.2, 0.25) is 0 Å². The maximum Gasteiger partial charge on any atom is 0.118 e. The molecule has 0 spiro atoms. The highest BCUT2D eigenvalue weighted by atomic mass is 35.5. The lowest BCUT2D eigenvalue weighted by Crippen LogP contribution is -2.20. The van der Waals surface area contributed by atoms with Crippen LogP contribution in [0.1, 0.15) is 29.6 Å². The van der Waals surface area contributed by atoms with Crippen molar-refractivity contribution in [2.24, 2.45) is 0 Å². The summed E-state index contributed by atoms with van der Waals surface area (Å²) in [6.07, 6.45) is 0.172. The maximum absolute atomic E-state index is 10.2. The van der Waals surface area contributed by atoms with Gasteiger partial charge in [-0.2, -0.15) is 0 Å². The van der Waals surface area contributed by atoms with Crippen LogP contribution in [-0.2, 0) is 6.54 Å². The molecule has 1 aromatic heterocycles. The van der Waals surface area contributed by atoms with Crippen molar-refractivity contribution in [3.05, 3.63) is 58.5 Å². The third-order valence-electron chi connectivity index (χ3n) is 3.24. The van der Waals surface area contributed by atoms with Crippen molar-refractivity contribution in [2.75, 3.05) is 13.6 Å². The molecule has 1 unspecified atom stereocenters. The Morgan fingerprint density at radius 2 is 2.10 bits per heavy atom. The SMILES string of the molecule is Cc1ccc(CN(C)CCC(O)c2cccc(Cl)c2)o1. The first kappa shape index (κ1) is 15.1. The van der Waals surface area contributed by atoms with Crippen LogP contribution in [0.2, 0.25) is 5.02 Å². The smallest absolute Gasteiger partial charge is 0.118 e. The van der Waals surface area contributed by atoms with E-state index in [1.54, 1.807) is 0 Å². The Bertz CT molecular complexity index is 553. The molecule has 2 rings (SSSR count). The van der Waals surface area contributed by atoms with E-state index in [1.165, 1.54) is 0 Å². The molecule has 0 aliphatic rings. The molecule has 1 N–H and O–H groups in total. The van der Waals surface area contributed by atoms with E-state index >= 15 is 0 Å². The summed E-state index contributed by atoms with van der Waals surface area (Å²) in [6.45, 7) is 3.47. The van der Waals surface area contributed by atoms with Gasteiger partial charge in [0.15, 0.2) is 0 Å². The fourth-order valence-corrected chi connectivity index (χ4v) is 2.34. The summed E-state index contributed by atoms with van der Waals surface area (Å²) in [5, 5.41) is 10.8. The molecular formula is C16H20ClNO2. The van der Waals surface area contributed by atoms with Gasteiger partial charge in [-0.1, -0.05) is 23.7 Å². The van der Waals surface area contributed by atoms with Crippen LogP contribution >= 0.6 is 11.6 Å². The fourth-order valence-electron chi connectivity index (χ4n) is 2.14. The van der Waals surface area contributed by atoms with E-state index in [0.29, 0.717) is 11.4 Å². The summed E-state index contributed by atoms with van der Waals surface area (Å²) in [5.74, 6) is 1.87. The number of hydrogen-bond donors (Lipinski definition) is 1. The zero-order valence-electron chi connectivity index (χ0n) is 11.8. The largest absolute Gasteiger partial charge is 0.465 e. The second-order valence-corrected chi connectivity index (χ2v) is 5.55. The van der Waals surface area contributed by atoms with Crippen LogP contribution in [0, 0.1) is 6.92 Å². The number of aryl methyl sites for hydroxylation is 1. The Morgan fingerprint density at radius 1 is 1.30 bits per heavy atom. The lowest BCUT2D eigenvalue weighted by molar-refractivity contribution is 0.145. The summed E-state index contributed by atoms with van der Waals surface area (Å²) in [6, 6.07) is 11.3. The molecule has 0 saturated heterocycles. The fraction of sp³-hybridized carbons (Fsp3) is 0.375. The number of rotatable bonds is 6. The molecule has 0 aliphatic carbocycles. The first-order valence-electron chi connectivity index (χ1n) is 6.72. The molecule has 20 heavy (non-hydrogen) atoms. The van der Waals surface area contributed by atoms with E-state index in [-0.39, 0.29) is 0 Å². The third-order valence-corrected chi connectivity index (χ3v) is 3.47. The minimum absolute atomic E-state index is 0.491. The Hall–Kier alpha value is -1.29. The normalized spacial score (nSPS) is 12.8. The molecule has 0 aliphatic heterocycles. The standard InChI is InChI=1S/C16H20ClNO2/c1-12-6-7-15(20-12)11-18(2)9-8-16(19)13-4-3-5-14(17)10-13/h3-7,10,16,19H,8-9,11H2,1-2H3. The molecule has 3 nitrogen and oxygen atoms in total. The van der Waals surface area contributed by atoms with E-state index in [4.69, 9.17) is 16.0 Å². The molecule has 0 bridgehead atoms. The van der Waals surface area contributed by atoms with Gasteiger partial charge in [-0.3, -0.25) is 4.90 Å². The zero-order valence-corrected chi connectivity index (χ0v) is 12.6. The number of nitrogens with zero attached hydrogens (tertiary/aromatic N) is 1. The van der Waals surface area contributed by atoms with Crippen molar-refractivity contribution in [1.29, 1.82) is 0 Å². The molecule has 2 aromatic rings. The van der Waals surface area contributed by atoms with E-state index in [1.807, 2.05) is 50.4 Å². The number of halogens is 1. The predicted octanol–water partition coefficient (Wildman–Crippen LogP) is 3.80. The second kappa shape index (κ2) is 6.93. The summed E-state index contributed by atoms with van der Waals surface area (Å²) < 4.78 is 5.54. The topological polar surface area (TPSA) is 36.6 Å². The highest BCUT2D eigenvalue weighted by Crippen LogP contribution is 2.20. The number of hydrogen-bond acceptors (Lipinski definition) is 3. The third kappa shape index (κ3) is 4.37. The number of furan rings is 1. The van der Waals surface area contributed by atoms with Gasteiger partial charge in [0, 0.05) is 11.6 Å². The van der Waals surface area contributed by atoms with E-state index in [0.717, 1.165) is 30.2 Å². The number of aliphatic hydroxyl groups excluding tert-OH is 1. The molecular weight excluding hydrogens is 274 g/mol. The lowest BCUT2D eigenvalue weighted by Gasteiger charge is -2.18. The molecule has 1 heterocycles. The van der Waals surface area contributed by atoms with Gasteiger partial charge in [0.25, 0.3) is 0 Å². The molecule has 0 saturated carbocycles. The summed E-state index contributed by atoms with van der Waals surface area (Å²) in [7, 11) is 2.02. The van der Waals surface area contributed by atoms with Gasteiger partial charge in [0.05, 0.1) is 12.6 Å².